The summed E-state index contributed by atoms with van der Waals surface area (Å²) >= 11 is 0. The van der Waals surface area contributed by atoms with Crippen LogP contribution in [0.5, 0.6) is 0 Å². The molecule has 0 saturated carbocycles. The molecule has 9 heavy (non-hydrogen) atoms. The van der Waals surface area contributed by atoms with Crippen LogP contribution >= 0.6 is 0 Å². The fourth-order valence-electron chi connectivity index (χ4n) is 0.450. The van der Waals surface area contributed by atoms with E-state index in [1.165, 1.54) is 0 Å². The molecule has 2 nitrogen and oxygen atoms in total. The zero-order valence-corrected chi connectivity index (χ0v) is 8.94. The van der Waals surface area contributed by atoms with Gasteiger partial charge in [-0.05, 0) is 13.3 Å². The van der Waals surface area contributed by atoms with Gasteiger partial charge in [-0.1, -0.05) is 0 Å². The van der Waals surface area contributed by atoms with E-state index < -0.39 is 6.29 Å². The van der Waals surface area contributed by atoms with Gasteiger partial charge in [-0.3, -0.25) is 0 Å². The molecule has 0 fully saturated rings. The molecule has 0 radical (unpaired) electrons. The Balaban J connectivity index is 0. The minimum atomic E-state index is -0.600. The first-order valence-electron chi connectivity index (χ1n) is 2.90. The van der Waals surface area contributed by atoms with Crippen LogP contribution in [0.4, 0.5) is 0 Å². The Morgan fingerprint density at radius 3 is 2.56 bits per heavy atom. The van der Waals surface area contributed by atoms with Crippen LogP contribution in [0, 0.1) is 6.92 Å². The Morgan fingerprint density at radius 2 is 2.22 bits per heavy atom. The van der Waals surface area contributed by atoms with Crippen molar-refractivity contribution in [3.63, 3.8) is 0 Å². The van der Waals surface area contributed by atoms with Crippen molar-refractivity contribution >= 4 is 0 Å². The molecule has 0 aromatic rings. The van der Waals surface area contributed by atoms with Crippen LogP contribution in [0.25, 0.3) is 0 Å². The predicted octanol–water partition coefficient (Wildman–Crippen LogP) is 0.953. The van der Waals surface area contributed by atoms with Crippen LogP contribution < -0.4 is 0 Å². The first-order chi connectivity index (χ1) is 3.81. The molecule has 0 aromatic carbocycles. The minimum absolute atomic E-state index is 0. The molecule has 1 N–H and O–H groups in total. The maximum Gasteiger partial charge on any atom is 0.152 e. The smallest absolute Gasteiger partial charge is 0.152 e. The molecule has 0 aliphatic carbocycles. The second-order valence-electron chi connectivity index (χ2n) is 1.55. The molecule has 1 atom stereocenters. The van der Waals surface area contributed by atoms with E-state index in [0.29, 0.717) is 13.0 Å². The molecule has 0 spiro atoms. The summed E-state index contributed by atoms with van der Waals surface area (Å²) in [5.41, 5.74) is 0. The average molecular weight is 183 g/mol. The van der Waals surface area contributed by atoms with Gasteiger partial charge in [0.05, 0.1) is 0 Å². The van der Waals surface area contributed by atoms with Gasteiger partial charge in [-0.2, -0.15) is 6.42 Å². The number of ether oxygens (including phenoxy) is 1. The molecule has 1 unspecified atom stereocenters. The Morgan fingerprint density at radius 1 is 1.67 bits per heavy atom. The molecule has 0 aromatic heterocycles. The summed E-state index contributed by atoms with van der Waals surface area (Å²) in [6.45, 7) is 5.99. The number of rotatable bonds is 4. The van der Waals surface area contributed by atoms with Gasteiger partial charge in [0.1, 0.15) is 0 Å². The van der Waals surface area contributed by atoms with Crippen molar-refractivity contribution in [2.24, 2.45) is 0 Å². The van der Waals surface area contributed by atoms with Gasteiger partial charge in [-0.25, -0.2) is 0 Å². The van der Waals surface area contributed by atoms with Gasteiger partial charge in [-0.15, -0.1) is 0 Å². The first-order valence-corrected chi connectivity index (χ1v) is 2.90. The van der Waals surface area contributed by atoms with E-state index in [1.807, 2.05) is 6.92 Å². The van der Waals surface area contributed by atoms with Crippen LogP contribution in [-0.4, -0.2) is 18.0 Å². The molecule has 52 valence electrons. The summed E-state index contributed by atoms with van der Waals surface area (Å²) in [4.78, 5) is 0. The summed E-state index contributed by atoms with van der Waals surface area (Å²) < 4.78 is 4.80. The summed E-state index contributed by atoms with van der Waals surface area (Å²) in [5, 5.41) is 8.79. The molecule has 0 saturated heterocycles. The Labute approximate surface area is 69.4 Å². The Bertz CT molecular complexity index is 44.3. The molecule has 0 rings (SSSR count). The van der Waals surface area contributed by atoms with Crippen molar-refractivity contribution in [2.75, 3.05) is 6.61 Å². The van der Waals surface area contributed by atoms with Gasteiger partial charge in [0.25, 0.3) is 0 Å². The molecule has 0 heterocycles. The predicted molar refractivity (Wildman–Crippen MR) is 32.2 cm³/mol. The van der Waals surface area contributed by atoms with E-state index in [9.17, 15) is 0 Å². The Kier molecular flexibility index (Phi) is 11.6. The van der Waals surface area contributed by atoms with Crippen LogP contribution in [0.3, 0.4) is 0 Å². The van der Waals surface area contributed by atoms with Crippen LogP contribution in [-0.2, 0) is 24.2 Å². The quantitative estimate of drug-likeness (QED) is 0.399. The SMILES string of the molecule is [CH2-]CCC(O)OCC.[Zn]. The Hall–Kier alpha value is 0.543. The fraction of sp³-hybridized carbons (Fsp3) is 0.833. The van der Waals surface area contributed by atoms with Gasteiger partial charge < -0.3 is 16.8 Å². The third kappa shape index (κ3) is 8.54. The van der Waals surface area contributed by atoms with Gasteiger partial charge in [0.15, 0.2) is 6.29 Å². The number of hydrogen-bond donors (Lipinski definition) is 1. The molecule has 0 amide bonds. The maximum atomic E-state index is 8.79. The third-order valence-electron chi connectivity index (χ3n) is 0.810. The van der Waals surface area contributed by atoms with Crippen LogP contribution in [0.1, 0.15) is 19.8 Å². The third-order valence-corrected chi connectivity index (χ3v) is 0.810. The molecule has 0 aliphatic rings. The minimum Gasteiger partial charge on any atom is -0.368 e. The zero-order chi connectivity index (χ0) is 6.41. The summed E-state index contributed by atoms with van der Waals surface area (Å²) in [6, 6.07) is 0. The standard InChI is InChI=1S/C6H13O2.Zn/c1-3-5-6(7)8-4-2;/h6-7H,1,3-5H2,2H3;/q-1;. The van der Waals surface area contributed by atoms with E-state index in [4.69, 9.17) is 9.84 Å². The van der Waals surface area contributed by atoms with Gasteiger partial charge >= 0.3 is 0 Å². The van der Waals surface area contributed by atoms with E-state index >= 15 is 0 Å². The van der Waals surface area contributed by atoms with Crippen molar-refractivity contribution in [1.82, 2.24) is 0 Å². The van der Waals surface area contributed by atoms with Crippen LogP contribution in [0.15, 0.2) is 0 Å². The first kappa shape index (κ1) is 12.2. The number of aliphatic hydroxyl groups excluding tert-OH is 1. The topological polar surface area (TPSA) is 29.5 Å². The van der Waals surface area contributed by atoms with Crippen molar-refractivity contribution in [3.8, 4) is 0 Å². The molecular formula is C6H13O2Zn-. The largest absolute Gasteiger partial charge is 0.368 e. The monoisotopic (exact) mass is 181 g/mol. The molecule has 0 bridgehead atoms. The molecular weight excluding hydrogens is 169 g/mol. The van der Waals surface area contributed by atoms with E-state index in [2.05, 4.69) is 6.92 Å². The average Bonchev–Trinajstić information content (AvgIpc) is 1.68. The van der Waals surface area contributed by atoms with Crippen molar-refractivity contribution in [2.45, 2.75) is 26.1 Å². The van der Waals surface area contributed by atoms with Crippen molar-refractivity contribution in [1.29, 1.82) is 0 Å². The maximum absolute atomic E-state index is 8.79. The summed E-state index contributed by atoms with van der Waals surface area (Å²) in [5.74, 6) is 0. The number of hydrogen-bond acceptors (Lipinski definition) is 2. The van der Waals surface area contributed by atoms with Gasteiger partial charge in [0, 0.05) is 26.1 Å². The molecule has 0 aliphatic heterocycles. The second kappa shape index (κ2) is 8.54. The van der Waals surface area contributed by atoms with Crippen molar-refractivity contribution in [3.05, 3.63) is 6.92 Å². The van der Waals surface area contributed by atoms with E-state index in [0.717, 1.165) is 6.42 Å². The van der Waals surface area contributed by atoms with E-state index in [-0.39, 0.29) is 19.5 Å². The van der Waals surface area contributed by atoms with E-state index in [1.54, 1.807) is 0 Å². The number of aliphatic hydroxyl groups is 1. The zero-order valence-electron chi connectivity index (χ0n) is 5.97. The van der Waals surface area contributed by atoms with Crippen molar-refractivity contribution < 1.29 is 29.3 Å². The van der Waals surface area contributed by atoms with Gasteiger partial charge in [0.2, 0.25) is 0 Å². The molecule has 3 heteroatoms. The van der Waals surface area contributed by atoms with Crippen LogP contribution in [0.2, 0.25) is 0 Å². The fourth-order valence-corrected chi connectivity index (χ4v) is 0.450. The summed E-state index contributed by atoms with van der Waals surface area (Å²) in [6.07, 6.45) is 0.757. The second-order valence-corrected chi connectivity index (χ2v) is 1.55. The summed E-state index contributed by atoms with van der Waals surface area (Å²) in [7, 11) is 0. The normalized spacial score (nSPS) is 12.3.